The van der Waals surface area contributed by atoms with Gasteiger partial charge in [-0.3, -0.25) is 0 Å². The van der Waals surface area contributed by atoms with Gasteiger partial charge in [-0.25, -0.2) is 9.37 Å². The van der Waals surface area contributed by atoms with Gasteiger partial charge in [0.1, 0.15) is 0 Å². The quantitative estimate of drug-likeness (QED) is 0.849. The minimum Gasteiger partial charge on any atom is -0.354 e. The van der Waals surface area contributed by atoms with Crippen molar-refractivity contribution in [1.82, 2.24) is 9.97 Å². The van der Waals surface area contributed by atoms with Crippen molar-refractivity contribution in [3.05, 3.63) is 12.0 Å². The van der Waals surface area contributed by atoms with Crippen LogP contribution in [0.4, 0.5) is 16.2 Å². The van der Waals surface area contributed by atoms with Crippen LogP contribution in [0.1, 0.15) is 26.2 Å². The fourth-order valence-electron chi connectivity index (χ4n) is 1.83. The number of halogens is 1. The van der Waals surface area contributed by atoms with Crippen LogP contribution in [0.15, 0.2) is 6.20 Å². The molecule has 1 aromatic rings. The smallest absolute Gasteiger partial charge is 0.224 e. The molecule has 0 amide bonds. The molecule has 4 nitrogen and oxygen atoms in total. The molecular formula is C11H17FN4. The van der Waals surface area contributed by atoms with Crippen LogP contribution < -0.4 is 10.2 Å². The molecule has 0 bridgehead atoms. The van der Waals surface area contributed by atoms with Crippen LogP contribution >= 0.6 is 0 Å². The molecule has 88 valence electrons. The molecule has 1 N–H and O–H groups in total. The van der Waals surface area contributed by atoms with Crippen LogP contribution in [0, 0.1) is 5.82 Å². The molecule has 0 saturated carbocycles. The summed E-state index contributed by atoms with van der Waals surface area (Å²) in [6, 6.07) is 0. The summed E-state index contributed by atoms with van der Waals surface area (Å²) >= 11 is 0. The number of aromatic nitrogens is 2. The molecule has 1 aliphatic heterocycles. The van der Waals surface area contributed by atoms with E-state index in [-0.39, 0.29) is 5.82 Å². The normalized spacial score (nSPS) is 15.5. The molecule has 0 unspecified atom stereocenters. The zero-order valence-electron chi connectivity index (χ0n) is 9.54. The van der Waals surface area contributed by atoms with Crippen LogP contribution in [0.25, 0.3) is 0 Å². The van der Waals surface area contributed by atoms with Gasteiger partial charge in [-0.2, -0.15) is 4.98 Å². The van der Waals surface area contributed by atoms with Gasteiger partial charge in [0.2, 0.25) is 5.95 Å². The third-order valence-electron chi connectivity index (χ3n) is 2.66. The van der Waals surface area contributed by atoms with E-state index in [1.165, 1.54) is 6.20 Å². The maximum atomic E-state index is 13.5. The van der Waals surface area contributed by atoms with Gasteiger partial charge in [0.15, 0.2) is 11.6 Å². The molecule has 2 heterocycles. The Bertz CT molecular complexity index is 350. The highest BCUT2D eigenvalue weighted by Crippen LogP contribution is 2.21. The fourth-order valence-corrected chi connectivity index (χ4v) is 1.83. The average Bonchev–Trinajstić information content (AvgIpc) is 2.81. The first-order valence-electron chi connectivity index (χ1n) is 5.82. The molecule has 0 radical (unpaired) electrons. The van der Waals surface area contributed by atoms with Crippen molar-refractivity contribution in [3.8, 4) is 0 Å². The van der Waals surface area contributed by atoms with Crippen LogP contribution in [0.3, 0.4) is 0 Å². The predicted molar refractivity (Wildman–Crippen MR) is 62.2 cm³/mol. The maximum absolute atomic E-state index is 13.5. The molecule has 1 fully saturated rings. The zero-order valence-corrected chi connectivity index (χ0v) is 9.54. The SMILES string of the molecule is CCCNc1ncc(F)c(N2CCCC2)n1. The predicted octanol–water partition coefficient (Wildman–Crippen LogP) is 2.04. The lowest BCUT2D eigenvalue weighted by Crippen LogP contribution is -2.21. The Hall–Kier alpha value is -1.39. The van der Waals surface area contributed by atoms with Gasteiger partial charge in [-0.05, 0) is 19.3 Å². The lowest BCUT2D eigenvalue weighted by Gasteiger charge is -2.17. The highest BCUT2D eigenvalue weighted by atomic mass is 19.1. The lowest BCUT2D eigenvalue weighted by molar-refractivity contribution is 0.608. The second-order valence-electron chi connectivity index (χ2n) is 3.99. The zero-order chi connectivity index (χ0) is 11.4. The standard InChI is InChI=1S/C11H17FN4/c1-2-5-13-11-14-8-9(12)10(15-11)16-6-3-4-7-16/h8H,2-7H2,1H3,(H,13,14,15). The number of hydrogen-bond donors (Lipinski definition) is 1. The molecule has 1 aliphatic rings. The highest BCUT2D eigenvalue weighted by Gasteiger charge is 2.18. The second kappa shape index (κ2) is 5.09. The molecule has 1 saturated heterocycles. The summed E-state index contributed by atoms with van der Waals surface area (Å²) in [7, 11) is 0. The first-order valence-corrected chi connectivity index (χ1v) is 5.82. The Labute approximate surface area is 94.9 Å². The lowest BCUT2D eigenvalue weighted by atomic mass is 10.4. The summed E-state index contributed by atoms with van der Waals surface area (Å²) in [4.78, 5) is 10.1. The van der Waals surface area contributed by atoms with Gasteiger partial charge in [0, 0.05) is 19.6 Å². The van der Waals surface area contributed by atoms with E-state index in [0.717, 1.165) is 38.9 Å². The van der Waals surface area contributed by atoms with Crippen LogP contribution in [-0.2, 0) is 0 Å². The van der Waals surface area contributed by atoms with Crippen LogP contribution in [0.5, 0.6) is 0 Å². The van der Waals surface area contributed by atoms with Crippen molar-refractivity contribution >= 4 is 11.8 Å². The van der Waals surface area contributed by atoms with Gasteiger partial charge in [0.25, 0.3) is 0 Å². The summed E-state index contributed by atoms with van der Waals surface area (Å²) in [5, 5.41) is 3.07. The Morgan fingerprint density at radius 3 is 2.88 bits per heavy atom. The molecule has 0 spiro atoms. The second-order valence-corrected chi connectivity index (χ2v) is 3.99. The van der Waals surface area contributed by atoms with E-state index in [1.807, 2.05) is 4.90 Å². The van der Waals surface area contributed by atoms with Crippen LogP contribution in [-0.4, -0.2) is 29.6 Å². The van der Waals surface area contributed by atoms with E-state index in [0.29, 0.717) is 11.8 Å². The number of nitrogens with one attached hydrogen (secondary N) is 1. The molecule has 1 aromatic heterocycles. The van der Waals surface area contributed by atoms with Gasteiger partial charge < -0.3 is 10.2 Å². The summed E-state index contributed by atoms with van der Waals surface area (Å²) in [6.07, 6.45) is 4.47. The van der Waals surface area contributed by atoms with Gasteiger partial charge >= 0.3 is 0 Å². The molecule has 5 heteroatoms. The molecule has 0 atom stereocenters. The number of anilines is 2. The molecule has 0 aromatic carbocycles. The van der Waals surface area contributed by atoms with Crippen molar-refractivity contribution in [2.45, 2.75) is 26.2 Å². The molecule has 0 aliphatic carbocycles. The third-order valence-corrected chi connectivity index (χ3v) is 2.66. The molecular weight excluding hydrogens is 207 g/mol. The van der Waals surface area contributed by atoms with E-state index in [4.69, 9.17) is 0 Å². The van der Waals surface area contributed by atoms with E-state index in [1.54, 1.807) is 0 Å². The Balaban J connectivity index is 2.15. The summed E-state index contributed by atoms with van der Waals surface area (Å²) in [5.41, 5.74) is 0. The minimum absolute atomic E-state index is 0.330. The number of nitrogens with zero attached hydrogens (tertiary/aromatic N) is 3. The fraction of sp³-hybridized carbons (Fsp3) is 0.636. The molecule has 2 rings (SSSR count). The van der Waals surface area contributed by atoms with Crippen molar-refractivity contribution in [2.24, 2.45) is 0 Å². The third kappa shape index (κ3) is 2.40. The average molecular weight is 224 g/mol. The molecule has 16 heavy (non-hydrogen) atoms. The maximum Gasteiger partial charge on any atom is 0.224 e. The van der Waals surface area contributed by atoms with E-state index < -0.39 is 0 Å². The van der Waals surface area contributed by atoms with Crippen molar-refractivity contribution in [2.75, 3.05) is 29.9 Å². The van der Waals surface area contributed by atoms with Crippen LogP contribution in [0.2, 0.25) is 0 Å². The topological polar surface area (TPSA) is 41.1 Å². The van der Waals surface area contributed by atoms with Crippen molar-refractivity contribution in [1.29, 1.82) is 0 Å². The largest absolute Gasteiger partial charge is 0.354 e. The minimum atomic E-state index is -0.330. The summed E-state index contributed by atoms with van der Waals surface area (Å²) < 4.78 is 13.5. The van der Waals surface area contributed by atoms with Crippen molar-refractivity contribution < 1.29 is 4.39 Å². The Kier molecular flexibility index (Phi) is 3.54. The Morgan fingerprint density at radius 2 is 2.19 bits per heavy atom. The highest BCUT2D eigenvalue weighted by molar-refractivity contribution is 5.44. The summed E-state index contributed by atoms with van der Waals surface area (Å²) in [5.74, 6) is 0.625. The first kappa shape index (κ1) is 11.1. The number of hydrogen-bond acceptors (Lipinski definition) is 4. The Morgan fingerprint density at radius 1 is 1.44 bits per heavy atom. The van der Waals surface area contributed by atoms with Crippen molar-refractivity contribution in [3.63, 3.8) is 0 Å². The monoisotopic (exact) mass is 224 g/mol. The first-order chi connectivity index (χ1) is 7.81. The van der Waals surface area contributed by atoms with Gasteiger partial charge in [-0.15, -0.1) is 0 Å². The number of rotatable bonds is 4. The van der Waals surface area contributed by atoms with E-state index in [9.17, 15) is 4.39 Å². The van der Waals surface area contributed by atoms with Gasteiger partial charge in [-0.1, -0.05) is 6.92 Å². The summed E-state index contributed by atoms with van der Waals surface area (Å²) in [6.45, 7) is 4.66. The van der Waals surface area contributed by atoms with E-state index >= 15 is 0 Å². The van der Waals surface area contributed by atoms with Gasteiger partial charge in [0.05, 0.1) is 6.20 Å². The van der Waals surface area contributed by atoms with E-state index in [2.05, 4.69) is 22.2 Å².